The summed E-state index contributed by atoms with van der Waals surface area (Å²) in [6.45, 7) is 0.640. The number of nitrogens with one attached hydrogen (secondary N) is 2. The number of pyridine rings is 1. The molecule has 29 heavy (non-hydrogen) atoms. The number of nitrogen functional groups attached to an aromatic ring is 2. The molecule has 7 heteroatoms. The lowest BCUT2D eigenvalue weighted by molar-refractivity contribution is 0.290. The number of hydrogen-bond acceptors (Lipinski definition) is 5. The Hall–Kier alpha value is -3.87. The quantitative estimate of drug-likeness (QED) is 0.266. The fraction of sp³-hybridized carbons (Fsp3) is 0.0909. The van der Waals surface area contributed by atoms with Crippen LogP contribution in [0.15, 0.2) is 66.7 Å². The van der Waals surface area contributed by atoms with Gasteiger partial charge in [0, 0.05) is 11.1 Å². The molecule has 6 N–H and O–H groups in total. The molecule has 0 saturated heterocycles. The van der Waals surface area contributed by atoms with Gasteiger partial charge in [0.2, 0.25) is 0 Å². The molecule has 3 aromatic rings. The van der Waals surface area contributed by atoms with E-state index in [-0.39, 0.29) is 19.1 Å². The van der Waals surface area contributed by atoms with Crippen molar-refractivity contribution < 1.29 is 9.47 Å². The Kier molecular flexibility index (Phi) is 7.31. The van der Waals surface area contributed by atoms with Crippen molar-refractivity contribution >= 4 is 11.7 Å². The zero-order chi connectivity index (χ0) is 19.9. The molecule has 0 aliphatic heterocycles. The third kappa shape index (κ3) is 6.07. The van der Waals surface area contributed by atoms with Crippen LogP contribution >= 0.6 is 0 Å². The maximum absolute atomic E-state index is 7.40. The summed E-state index contributed by atoms with van der Waals surface area (Å²) < 4.78 is 11.5. The summed E-state index contributed by atoms with van der Waals surface area (Å²) in [5.74, 6) is 1.41. The van der Waals surface area contributed by atoms with Crippen molar-refractivity contribution in [2.75, 3.05) is 0 Å². The molecule has 150 valence electrons. The molecule has 0 amide bonds. The number of ether oxygens (including phenoxy) is 2. The molecule has 0 atom stereocenters. The maximum Gasteiger partial charge on any atom is 0.130 e. The zero-order valence-electron chi connectivity index (χ0n) is 16.2. The lowest BCUT2D eigenvalue weighted by Crippen LogP contribution is -2.10. The normalized spacial score (nSPS) is 9.93. The molecule has 0 aliphatic rings. The summed E-state index contributed by atoms with van der Waals surface area (Å²) in [6.07, 6.45) is 0. The standard InChI is InChI=1S/C21H21N5O2.CH3/c22-20(23)14-4-8-18(9-5-14)27-12-16-2-1-3-17(26-16)13-28-19-10-6-15(7-11-19)21(24)25;/h1-11H,12-13H2,(H3,22,23)(H3,24,25);1H3/q;-1. The Morgan fingerprint density at radius 3 is 1.41 bits per heavy atom. The van der Waals surface area contributed by atoms with Gasteiger partial charge in [-0.3, -0.25) is 15.8 Å². The molecule has 1 aromatic heterocycles. The van der Waals surface area contributed by atoms with Crippen LogP contribution in [0.3, 0.4) is 0 Å². The number of hydrogen-bond donors (Lipinski definition) is 4. The predicted molar refractivity (Wildman–Crippen MR) is 114 cm³/mol. The minimum absolute atomic E-state index is 0. The van der Waals surface area contributed by atoms with Crippen molar-refractivity contribution in [3.63, 3.8) is 0 Å². The van der Waals surface area contributed by atoms with E-state index in [1.54, 1.807) is 48.5 Å². The van der Waals surface area contributed by atoms with Crippen molar-refractivity contribution in [1.82, 2.24) is 4.98 Å². The van der Waals surface area contributed by atoms with Gasteiger partial charge in [-0.25, -0.2) is 0 Å². The third-order valence-electron chi connectivity index (χ3n) is 3.97. The fourth-order valence-electron chi connectivity index (χ4n) is 2.47. The molecule has 1 heterocycles. The smallest absolute Gasteiger partial charge is 0.130 e. The summed E-state index contributed by atoms with van der Waals surface area (Å²) in [7, 11) is 0. The van der Waals surface area contributed by atoms with E-state index in [9.17, 15) is 0 Å². The number of amidine groups is 2. The SMILES string of the molecule is N=C(N)c1ccc(OCc2cccc(COc3ccc(C(=N)N)cc3)n2)cc1.[CH3-]. The largest absolute Gasteiger partial charge is 0.487 e. The van der Waals surface area contributed by atoms with Crippen molar-refractivity contribution in [2.24, 2.45) is 11.5 Å². The summed E-state index contributed by atoms with van der Waals surface area (Å²) >= 11 is 0. The molecule has 0 saturated carbocycles. The summed E-state index contributed by atoms with van der Waals surface area (Å²) in [6, 6.07) is 19.7. The first-order chi connectivity index (χ1) is 13.5. The molecule has 0 radical (unpaired) electrons. The van der Waals surface area contributed by atoms with Crippen LogP contribution in [0.25, 0.3) is 0 Å². The van der Waals surface area contributed by atoms with Crippen LogP contribution in [0.2, 0.25) is 0 Å². The van der Waals surface area contributed by atoms with Gasteiger partial charge >= 0.3 is 0 Å². The number of nitrogens with zero attached hydrogens (tertiary/aromatic N) is 1. The van der Waals surface area contributed by atoms with E-state index in [1.807, 2.05) is 18.2 Å². The van der Waals surface area contributed by atoms with Gasteiger partial charge in [0.25, 0.3) is 0 Å². The Morgan fingerprint density at radius 1 is 0.690 bits per heavy atom. The second-order valence-corrected chi connectivity index (χ2v) is 6.07. The van der Waals surface area contributed by atoms with E-state index in [4.69, 9.17) is 31.8 Å². The molecule has 3 rings (SSSR count). The van der Waals surface area contributed by atoms with E-state index >= 15 is 0 Å². The van der Waals surface area contributed by atoms with Gasteiger partial charge in [-0.15, -0.1) is 0 Å². The van der Waals surface area contributed by atoms with Gasteiger partial charge in [0.1, 0.15) is 36.4 Å². The Morgan fingerprint density at radius 2 is 1.07 bits per heavy atom. The summed E-state index contributed by atoms with van der Waals surface area (Å²) in [4.78, 5) is 4.54. The van der Waals surface area contributed by atoms with Crippen LogP contribution in [-0.4, -0.2) is 16.7 Å². The number of rotatable bonds is 8. The monoisotopic (exact) mass is 390 g/mol. The summed E-state index contributed by atoms with van der Waals surface area (Å²) in [5.41, 5.74) is 13.8. The highest BCUT2D eigenvalue weighted by molar-refractivity contribution is 5.95. The van der Waals surface area contributed by atoms with E-state index in [2.05, 4.69) is 4.98 Å². The van der Waals surface area contributed by atoms with Crippen LogP contribution in [0.4, 0.5) is 0 Å². The van der Waals surface area contributed by atoms with Crippen LogP contribution < -0.4 is 20.9 Å². The highest BCUT2D eigenvalue weighted by Gasteiger charge is 2.03. The maximum atomic E-state index is 7.40. The fourth-order valence-corrected chi connectivity index (χ4v) is 2.47. The summed E-state index contributed by atoms with van der Waals surface area (Å²) in [5, 5.41) is 14.8. The van der Waals surface area contributed by atoms with E-state index < -0.39 is 0 Å². The molecule has 0 bridgehead atoms. The Balaban J connectivity index is 0.00000300. The van der Waals surface area contributed by atoms with Crippen molar-refractivity contribution in [3.8, 4) is 11.5 Å². The molecule has 2 aromatic carbocycles. The zero-order valence-corrected chi connectivity index (χ0v) is 16.2. The lowest BCUT2D eigenvalue weighted by Gasteiger charge is -2.09. The Labute approximate surface area is 170 Å². The van der Waals surface area contributed by atoms with Crippen molar-refractivity contribution in [3.05, 3.63) is 96.7 Å². The minimum atomic E-state index is 0. The molecular formula is C22H24N5O2-. The van der Waals surface area contributed by atoms with Crippen molar-refractivity contribution in [1.29, 1.82) is 10.8 Å². The average Bonchev–Trinajstić information content (AvgIpc) is 2.71. The number of nitrogens with two attached hydrogens (primary N) is 2. The van der Waals surface area contributed by atoms with Crippen molar-refractivity contribution in [2.45, 2.75) is 13.2 Å². The van der Waals surface area contributed by atoms with Gasteiger partial charge in [0.15, 0.2) is 0 Å². The van der Waals surface area contributed by atoms with Gasteiger partial charge < -0.3 is 28.4 Å². The van der Waals surface area contributed by atoms with Gasteiger partial charge in [-0.2, -0.15) is 0 Å². The van der Waals surface area contributed by atoms with Gasteiger partial charge in [-0.05, 0) is 60.7 Å². The molecule has 0 spiro atoms. The first-order valence-corrected chi connectivity index (χ1v) is 8.60. The topological polar surface area (TPSA) is 131 Å². The molecule has 0 fully saturated rings. The second-order valence-electron chi connectivity index (χ2n) is 6.07. The lowest BCUT2D eigenvalue weighted by atomic mass is 10.2. The third-order valence-corrected chi connectivity index (χ3v) is 3.97. The highest BCUT2D eigenvalue weighted by atomic mass is 16.5. The molecule has 0 unspecified atom stereocenters. The van der Waals surface area contributed by atoms with Gasteiger partial charge in [0.05, 0.1) is 11.4 Å². The molecular weight excluding hydrogens is 366 g/mol. The van der Waals surface area contributed by atoms with Crippen LogP contribution in [0.5, 0.6) is 11.5 Å². The van der Waals surface area contributed by atoms with E-state index in [0.717, 1.165) is 11.4 Å². The van der Waals surface area contributed by atoms with Crippen LogP contribution in [0.1, 0.15) is 22.5 Å². The minimum Gasteiger partial charge on any atom is -0.487 e. The van der Waals surface area contributed by atoms with Crippen LogP contribution in [-0.2, 0) is 13.2 Å². The molecule has 0 aliphatic carbocycles. The van der Waals surface area contributed by atoms with E-state index in [1.165, 1.54) is 0 Å². The first-order valence-electron chi connectivity index (χ1n) is 8.60. The van der Waals surface area contributed by atoms with Gasteiger partial charge in [-0.1, -0.05) is 6.07 Å². The average molecular weight is 390 g/mol. The molecule has 7 nitrogen and oxygen atoms in total. The second kappa shape index (κ2) is 9.89. The number of benzene rings is 2. The first kappa shape index (κ1) is 21.4. The number of aromatic nitrogens is 1. The van der Waals surface area contributed by atoms with E-state index in [0.29, 0.717) is 35.8 Å². The highest BCUT2D eigenvalue weighted by Crippen LogP contribution is 2.15. The van der Waals surface area contributed by atoms with Crippen LogP contribution in [0, 0.1) is 18.2 Å². The Bertz CT molecular complexity index is 893. The predicted octanol–water partition coefficient (Wildman–Crippen LogP) is 3.26.